The van der Waals surface area contributed by atoms with Gasteiger partial charge in [0.25, 0.3) is 11.8 Å². The number of aromatic nitrogens is 1. The number of carbonyl (C=O) groups excluding carboxylic acids is 2. The molecule has 3 heterocycles. The quantitative estimate of drug-likeness (QED) is 0.421. The number of halogens is 1. The maximum Gasteiger partial charge on any atom is 0.253 e. The first-order valence-corrected chi connectivity index (χ1v) is 13.2. The van der Waals surface area contributed by atoms with Crippen LogP contribution in [0, 0.1) is 5.92 Å². The van der Waals surface area contributed by atoms with Crippen molar-refractivity contribution in [3.63, 3.8) is 0 Å². The smallest absolute Gasteiger partial charge is 0.253 e. The third kappa shape index (κ3) is 2.41. The number of nitrogens with one attached hydrogen (secondary N) is 1. The number of pyridine rings is 1. The molecular formula is C27H27ClN4O4. The van der Waals surface area contributed by atoms with Crippen molar-refractivity contribution in [2.24, 2.45) is 11.7 Å². The largest absolute Gasteiger partial charge is 0.486 e. The fourth-order valence-electron chi connectivity index (χ4n) is 8.49. The molecule has 186 valence electrons. The van der Waals surface area contributed by atoms with Gasteiger partial charge in [-0.15, -0.1) is 0 Å². The molecule has 9 heteroatoms. The number of aliphatic hydroxyl groups is 1. The summed E-state index contributed by atoms with van der Waals surface area (Å²) >= 11 is 5.90. The number of hydrogen-bond acceptors (Lipinski definition) is 6. The summed E-state index contributed by atoms with van der Waals surface area (Å²) in [6.07, 6.45) is 6.27. The minimum atomic E-state index is -0.984. The molecular weight excluding hydrogens is 480 g/mol. The molecule has 4 aliphatic carbocycles. The predicted molar refractivity (Wildman–Crippen MR) is 130 cm³/mol. The second kappa shape index (κ2) is 6.60. The Bertz CT molecular complexity index is 1360. The molecule has 7 atom stereocenters. The molecule has 36 heavy (non-hydrogen) atoms. The van der Waals surface area contributed by atoms with Crippen molar-refractivity contribution in [2.45, 2.75) is 73.3 Å². The Morgan fingerprint density at radius 1 is 1.25 bits per heavy atom. The number of carbonyl (C=O) groups is 2. The normalized spacial score (nSPS) is 40.2. The molecule has 3 saturated carbocycles. The number of primary amides is 1. The fourth-order valence-corrected chi connectivity index (χ4v) is 8.60. The van der Waals surface area contributed by atoms with Crippen molar-refractivity contribution in [3.8, 4) is 5.75 Å². The molecule has 2 aliphatic heterocycles. The van der Waals surface area contributed by atoms with Crippen LogP contribution in [0.15, 0.2) is 30.5 Å². The van der Waals surface area contributed by atoms with Gasteiger partial charge < -0.3 is 20.9 Å². The zero-order valence-corrected chi connectivity index (χ0v) is 20.4. The van der Waals surface area contributed by atoms with E-state index in [2.05, 4.69) is 15.2 Å². The summed E-state index contributed by atoms with van der Waals surface area (Å²) in [5, 5.41) is 16.1. The van der Waals surface area contributed by atoms with Gasteiger partial charge in [-0.05, 0) is 68.2 Å². The number of amides is 2. The number of piperidine rings is 1. The van der Waals surface area contributed by atoms with Crippen molar-refractivity contribution in [2.75, 3.05) is 6.54 Å². The van der Waals surface area contributed by atoms with Crippen molar-refractivity contribution in [1.29, 1.82) is 0 Å². The predicted octanol–water partition coefficient (Wildman–Crippen LogP) is 1.95. The van der Waals surface area contributed by atoms with Gasteiger partial charge in [0.2, 0.25) is 0 Å². The summed E-state index contributed by atoms with van der Waals surface area (Å²) in [4.78, 5) is 32.1. The summed E-state index contributed by atoms with van der Waals surface area (Å²) in [6, 6.07) is 6.74. The van der Waals surface area contributed by atoms with E-state index in [-0.39, 0.29) is 23.5 Å². The summed E-state index contributed by atoms with van der Waals surface area (Å²) in [5.74, 6) is 0.434. The van der Waals surface area contributed by atoms with Gasteiger partial charge in [-0.25, -0.2) is 4.98 Å². The zero-order valence-electron chi connectivity index (χ0n) is 19.7. The summed E-state index contributed by atoms with van der Waals surface area (Å²) in [5.41, 5.74) is 6.85. The lowest BCUT2D eigenvalue weighted by Gasteiger charge is -2.53. The monoisotopic (exact) mass is 506 g/mol. The van der Waals surface area contributed by atoms with Gasteiger partial charge in [0.15, 0.2) is 0 Å². The Kier molecular flexibility index (Phi) is 3.92. The van der Waals surface area contributed by atoms with Gasteiger partial charge in [0.05, 0.1) is 34.2 Å². The van der Waals surface area contributed by atoms with Crippen LogP contribution in [0.2, 0.25) is 5.15 Å². The number of hydrogen-bond donors (Lipinski definition) is 3. The van der Waals surface area contributed by atoms with Crippen LogP contribution < -0.4 is 15.8 Å². The van der Waals surface area contributed by atoms with Gasteiger partial charge in [-0.2, -0.15) is 0 Å². The van der Waals surface area contributed by atoms with Crippen LogP contribution >= 0.6 is 11.6 Å². The van der Waals surface area contributed by atoms with E-state index >= 15 is 0 Å². The van der Waals surface area contributed by atoms with E-state index in [4.69, 9.17) is 22.1 Å². The van der Waals surface area contributed by atoms with Crippen LogP contribution in [0.4, 0.5) is 0 Å². The number of nitrogens with zero attached hydrogens (tertiary/aromatic N) is 2. The summed E-state index contributed by atoms with van der Waals surface area (Å²) < 4.78 is 6.61. The SMILES string of the molecule is NC(=O)c1ccc2c3c1O[C@H]1[C@H](NC(=O)c4ccc(Cl)nc4)CCC4(O)C5N(CC6CC6)C5(C2)C[C@]314. The van der Waals surface area contributed by atoms with Crippen LogP contribution in [-0.4, -0.2) is 62.7 Å². The lowest BCUT2D eigenvalue weighted by Crippen LogP contribution is -2.68. The van der Waals surface area contributed by atoms with E-state index in [0.717, 1.165) is 36.4 Å². The molecule has 2 bridgehead atoms. The van der Waals surface area contributed by atoms with Gasteiger partial charge in [0.1, 0.15) is 17.0 Å². The third-order valence-electron chi connectivity index (χ3n) is 9.98. The Hall–Kier alpha value is -2.68. The van der Waals surface area contributed by atoms with E-state index < -0.39 is 23.0 Å². The Labute approximate surface area is 213 Å². The minimum absolute atomic E-state index is 0.0733. The van der Waals surface area contributed by atoms with Crippen LogP contribution in [-0.2, 0) is 11.8 Å². The third-order valence-corrected chi connectivity index (χ3v) is 10.2. The highest BCUT2D eigenvalue weighted by molar-refractivity contribution is 6.29. The molecule has 1 aromatic carbocycles. The molecule has 4 unspecified atom stereocenters. The molecule has 8 rings (SSSR count). The van der Waals surface area contributed by atoms with Gasteiger partial charge in [-0.3, -0.25) is 14.5 Å². The standard InChI is InChI=1S/C27H27ClN4O4/c28-18-6-4-15(10-30-18)23(34)31-17-7-8-27(35)24-25(32(24)11-13-1-2-13)9-14-3-5-16(22(29)33)20-19(14)26(27,12-25)21(17)36-20/h3-6,10,13,17,21,24,35H,1-2,7-9,11-12H2,(H2,29,33)(H,31,34)/t17-,21+,24?,25?,26+,27?,32?/m1/s1. The van der Waals surface area contributed by atoms with Crippen LogP contribution in [0.3, 0.4) is 0 Å². The van der Waals surface area contributed by atoms with Crippen molar-refractivity contribution >= 4 is 23.4 Å². The highest BCUT2D eigenvalue weighted by Gasteiger charge is 2.88. The fraction of sp³-hybridized carbons (Fsp3) is 0.519. The molecule has 2 amide bonds. The number of likely N-dealkylation sites (tertiary alicyclic amines) is 1. The number of fused-ring (bicyclic) bond motifs is 1. The second-order valence-corrected chi connectivity index (χ2v) is 12.1. The minimum Gasteiger partial charge on any atom is -0.486 e. The van der Waals surface area contributed by atoms with E-state index in [1.165, 1.54) is 19.0 Å². The maximum absolute atomic E-state index is 13.2. The van der Waals surface area contributed by atoms with Crippen LogP contribution in [0.25, 0.3) is 0 Å². The average molecular weight is 507 g/mol. The van der Waals surface area contributed by atoms with Crippen LogP contribution in [0.1, 0.15) is 63.9 Å². The molecule has 4 fully saturated rings. The topological polar surface area (TPSA) is 118 Å². The first-order valence-electron chi connectivity index (χ1n) is 12.8. The van der Waals surface area contributed by atoms with E-state index in [1.54, 1.807) is 18.2 Å². The molecule has 4 N–H and O–H groups in total. The first kappa shape index (κ1) is 21.4. The molecule has 1 saturated heterocycles. The molecule has 8 nitrogen and oxygen atoms in total. The van der Waals surface area contributed by atoms with Gasteiger partial charge in [-0.1, -0.05) is 17.7 Å². The second-order valence-electron chi connectivity index (χ2n) is 11.7. The Morgan fingerprint density at radius 2 is 2.08 bits per heavy atom. The van der Waals surface area contributed by atoms with Gasteiger partial charge in [0, 0.05) is 23.8 Å². The number of benzene rings is 1. The Morgan fingerprint density at radius 3 is 2.81 bits per heavy atom. The number of rotatable bonds is 5. The van der Waals surface area contributed by atoms with Crippen molar-refractivity contribution < 1.29 is 19.4 Å². The summed E-state index contributed by atoms with van der Waals surface area (Å²) in [6.45, 7) is 1.04. The van der Waals surface area contributed by atoms with E-state index in [1.807, 2.05) is 6.07 Å². The average Bonchev–Trinajstić information content (AvgIpc) is 3.72. The van der Waals surface area contributed by atoms with Crippen molar-refractivity contribution in [1.82, 2.24) is 15.2 Å². The van der Waals surface area contributed by atoms with Crippen LogP contribution in [0.5, 0.6) is 5.75 Å². The maximum atomic E-state index is 13.2. The number of nitrogens with two attached hydrogens (primary N) is 1. The Balaban J connectivity index is 1.23. The lowest BCUT2D eigenvalue weighted by atomic mass is 9.56. The summed E-state index contributed by atoms with van der Waals surface area (Å²) in [7, 11) is 0. The molecule has 6 aliphatic rings. The molecule has 2 spiro atoms. The highest BCUT2D eigenvalue weighted by Crippen LogP contribution is 2.76. The number of ether oxygens (including phenoxy) is 1. The molecule has 0 radical (unpaired) electrons. The zero-order chi connectivity index (χ0) is 24.6. The van der Waals surface area contributed by atoms with E-state index in [0.29, 0.717) is 34.9 Å². The highest BCUT2D eigenvalue weighted by atomic mass is 35.5. The molecule has 1 aromatic heterocycles. The first-order chi connectivity index (χ1) is 17.3. The van der Waals surface area contributed by atoms with Gasteiger partial charge >= 0.3 is 0 Å². The molecule has 2 aromatic rings. The lowest BCUT2D eigenvalue weighted by molar-refractivity contribution is -0.116. The van der Waals surface area contributed by atoms with E-state index in [9.17, 15) is 14.7 Å². The van der Waals surface area contributed by atoms with Crippen molar-refractivity contribution in [3.05, 3.63) is 57.9 Å².